The summed E-state index contributed by atoms with van der Waals surface area (Å²) in [5, 5.41) is 48.5. The molecule has 1 fully saturated rings. The molecule has 0 saturated carbocycles. The van der Waals surface area contributed by atoms with Gasteiger partial charge in [-0.3, -0.25) is 9.46 Å². The second-order valence-electron chi connectivity index (χ2n) is 11.3. The van der Waals surface area contributed by atoms with Crippen LogP contribution >= 0.6 is 7.60 Å². The summed E-state index contributed by atoms with van der Waals surface area (Å²) in [4.78, 5) is 23.1. The van der Waals surface area contributed by atoms with Gasteiger partial charge < -0.3 is 39.7 Å². The minimum Gasteiger partial charge on any atom is -0.479 e. The summed E-state index contributed by atoms with van der Waals surface area (Å²) in [7, 11) is -4.25. The second-order valence-corrected chi connectivity index (χ2v) is 13.3. The van der Waals surface area contributed by atoms with Crippen molar-refractivity contribution < 1.29 is 49.0 Å². The van der Waals surface area contributed by atoms with Gasteiger partial charge in [-0.1, -0.05) is 66.2 Å². The van der Waals surface area contributed by atoms with Crippen molar-refractivity contribution in [1.82, 2.24) is 4.90 Å². The highest BCUT2D eigenvalue weighted by atomic mass is 31.2. The number of likely N-dealkylation sites (tertiary alicyclic amines) is 1. The minimum atomic E-state index is -4.25. The van der Waals surface area contributed by atoms with Gasteiger partial charge in [-0.05, 0) is 24.2 Å². The molecule has 0 aliphatic carbocycles. The van der Waals surface area contributed by atoms with Crippen LogP contribution in [0.3, 0.4) is 0 Å². The first-order valence-corrected chi connectivity index (χ1v) is 15.7. The van der Waals surface area contributed by atoms with Crippen LogP contribution in [0.1, 0.15) is 72.6 Å². The van der Waals surface area contributed by atoms with Crippen molar-refractivity contribution in [2.45, 2.75) is 103 Å². The number of carboxylic acid groups (broad SMARTS) is 1. The van der Waals surface area contributed by atoms with E-state index < -0.39 is 69.9 Å². The largest absolute Gasteiger partial charge is 0.479 e. The van der Waals surface area contributed by atoms with Gasteiger partial charge in [-0.15, -0.1) is 0 Å². The molecule has 1 aliphatic heterocycles. The van der Waals surface area contributed by atoms with E-state index in [2.05, 4.69) is 27.7 Å². The van der Waals surface area contributed by atoms with Gasteiger partial charge >= 0.3 is 13.6 Å². The van der Waals surface area contributed by atoms with Gasteiger partial charge in [-0.2, -0.15) is 0 Å². The van der Waals surface area contributed by atoms with Gasteiger partial charge in [0.25, 0.3) is 0 Å². The van der Waals surface area contributed by atoms with E-state index in [1.807, 2.05) is 0 Å². The van der Waals surface area contributed by atoms with Crippen LogP contribution in [0, 0.1) is 17.8 Å². The Morgan fingerprint density at radius 2 is 1.39 bits per heavy atom. The number of hydrogen-bond donors (Lipinski definition) is 6. The Bertz CT molecular complexity index is 696. The predicted octanol–water partition coefficient (Wildman–Crippen LogP) is 2.08. The number of carbonyl (C=O) groups is 1. The van der Waals surface area contributed by atoms with E-state index in [1.165, 1.54) is 30.6 Å². The molecule has 12 heteroatoms. The van der Waals surface area contributed by atoms with Crippen LogP contribution in [0.2, 0.25) is 0 Å². The molecule has 0 bridgehead atoms. The second kappa shape index (κ2) is 17.9. The molecule has 4 unspecified atom stereocenters. The Morgan fingerprint density at radius 1 is 0.895 bits per heavy atom. The third-order valence-electron chi connectivity index (χ3n) is 7.51. The molecule has 11 nitrogen and oxygen atoms in total. The van der Waals surface area contributed by atoms with Gasteiger partial charge in [0.15, 0.2) is 6.10 Å². The van der Waals surface area contributed by atoms with Crippen LogP contribution in [0.4, 0.5) is 0 Å². The Kier molecular flexibility index (Phi) is 16.7. The van der Waals surface area contributed by atoms with E-state index in [9.17, 15) is 39.8 Å². The maximum atomic E-state index is 12.5. The summed E-state index contributed by atoms with van der Waals surface area (Å²) in [6.45, 7) is 7.27. The number of aliphatic hydroxyl groups excluding tert-OH is 4. The van der Waals surface area contributed by atoms with Gasteiger partial charge in [0.1, 0.15) is 0 Å². The lowest BCUT2D eigenvalue weighted by Crippen LogP contribution is -2.44. The molecular formula is C26H52NO10P. The van der Waals surface area contributed by atoms with Crippen molar-refractivity contribution in [2.75, 3.05) is 39.1 Å². The van der Waals surface area contributed by atoms with Gasteiger partial charge in [0.05, 0.1) is 50.3 Å². The smallest absolute Gasteiger partial charge is 0.335 e. The molecule has 0 spiro atoms. The average molecular weight is 570 g/mol. The fraction of sp³-hybridized carbons (Fsp3) is 0.962. The molecule has 226 valence electrons. The minimum absolute atomic E-state index is 0.162. The summed E-state index contributed by atoms with van der Waals surface area (Å²) in [6.07, 6.45) is 3.29. The molecule has 1 rings (SSSR count). The number of carboxylic acids is 1. The Hall–Kier alpha value is -0.620. The quantitative estimate of drug-likeness (QED) is 0.112. The Balaban J connectivity index is 2.39. The molecule has 8 atom stereocenters. The van der Waals surface area contributed by atoms with Crippen LogP contribution in [-0.2, 0) is 18.6 Å². The van der Waals surface area contributed by atoms with Crippen LogP contribution in [0.25, 0.3) is 0 Å². The third kappa shape index (κ3) is 12.7. The summed E-state index contributed by atoms with van der Waals surface area (Å²) >= 11 is 0. The highest BCUT2D eigenvalue weighted by Crippen LogP contribution is 2.42. The van der Waals surface area contributed by atoms with E-state index in [0.717, 1.165) is 18.8 Å². The Morgan fingerprint density at radius 3 is 1.87 bits per heavy atom. The van der Waals surface area contributed by atoms with Crippen LogP contribution in [0.5, 0.6) is 0 Å². The van der Waals surface area contributed by atoms with E-state index in [0.29, 0.717) is 18.3 Å². The van der Waals surface area contributed by atoms with E-state index >= 15 is 0 Å². The highest BCUT2D eigenvalue weighted by molar-refractivity contribution is 7.52. The van der Waals surface area contributed by atoms with E-state index in [4.69, 9.17) is 9.26 Å². The number of aliphatic carboxylic acids is 1. The van der Waals surface area contributed by atoms with Crippen molar-refractivity contribution in [1.29, 1.82) is 0 Å². The zero-order chi connectivity index (χ0) is 28.9. The topological polar surface area (TPSA) is 177 Å². The first kappa shape index (κ1) is 35.4. The van der Waals surface area contributed by atoms with Crippen LogP contribution in [-0.4, -0.2) is 111 Å². The third-order valence-corrected chi connectivity index (χ3v) is 8.83. The number of aliphatic hydroxyl groups is 4. The van der Waals surface area contributed by atoms with Crippen molar-refractivity contribution in [2.24, 2.45) is 17.8 Å². The zero-order valence-electron chi connectivity index (χ0n) is 23.5. The van der Waals surface area contributed by atoms with Crippen molar-refractivity contribution in [3.63, 3.8) is 0 Å². The van der Waals surface area contributed by atoms with Crippen LogP contribution < -0.4 is 0 Å². The molecule has 1 heterocycles. The van der Waals surface area contributed by atoms with Gasteiger partial charge in [0, 0.05) is 13.2 Å². The number of rotatable bonds is 21. The summed E-state index contributed by atoms with van der Waals surface area (Å²) < 4.78 is 23.0. The lowest BCUT2D eigenvalue weighted by atomic mass is 9.93. The zero-order valence-corrected chi connectivity index (χ0v) is 24.4. The molecule has 0 aromatic rings. The molecule has 38 heavy (non-hydrogen) atoms. The van der Waals surface area contributed by atoms with Crippen molar-refractivity contribution in [3.05, 3.63) is 0 Å². The lowest BCUT2D eigenvalue weighted by Gasteiger charge is -2.29. The molecule has 1 saturated heterocycles. The fourth-order valence-corrected chi connectivity index (χ4v) is 5.90. The highest BCUT2D eigenvalue weighted by Gasteiger charge is 2.47. The molecular weight excluding hydrogens is 517 g/mol. The first-order chi connectivity index (χ1) is 17.8. The maximum Gasteiger partial charge on any atom is 0.335 e. The normalized spacial score (nSPS) is 26.4. The molecule has 0 radical (unpaired) electrons. The summed E-state index contributed by atoms with van der Waals surface area (Å²) in [5.74, 6) is 0.511. The van der Waals surface area contributed by atoms with Crippen molar-refractivity contribution in [3.8, 4) is 0 Å². The summed E-state index contributed by atoms with van der Waals surface area (Å²) in [5.41, 5.74) is 0. The van der Waals surface area contributed by atoms with Crippen molar-refractivity contribution >= 4 is 13.6 Å². The molecule has 6 N–H and O–H groups in total. The Labute approximate surface area is 227 Å². The number of hydrogen-bond acceptors (Lipinski definition) is 9. The maximum absolute atomic E-state index is 12.5. The van der Waals surface area contributed by atoms with Crippen LogP contribution in [0.15, 0.2) is 0 Å². The molecule has 0 aromatic heterocycles. The monoisotopic (exact) mass is 569 g/mol. The standard InChI is InChI=1S/C26H52NO10P/c1-18(2)7-5-8-19(3)9-6-10-20(4)11-13-36-23(26(32)33)17-37-38(34,35)14-12-27-21(15-28)24(30)25(31)22(27)16-29/h18-25,28-31H,5-17H2,1-4H3,(H,32,33)(H,34,35)/t19?,20?,21-,22-,23?,24-,25-/m1/s1. The number of ether oxygens (including phenoxy) is 1. The molecule has 1 aliphatic rings. The lowest BCUT2D eigenvalue weighted by molar-refractivity contribution is -0.152. The molecule has 0 aromatic carbocycles. The average Bonchev–Trinajstić information content (AvgIpc) is 3.07. The number of nitrogens with zero attached hydrogens (tertiary/aromatic N) is 1. The van der Waals surface area contributed by atoms with Gasteiger partial charge in [0.2, 0.25) is 0 Å². The SMILES string of the molecule is CC(C)CCCC(C)CCCC(C)CCOC(COP(=O)(O)CCN1[C@H](CO)[C@@H](O)[C@H](O)[C@H]1CO)C(=O)O. The van der Waals surface area contributed by atoms with Gasteiger partial charge in [-0.25, -0.2) is 4.79 Å². The first-order valence-electron chi connectivity index (χ1n) is 14.0. The van der Waals surface area contributed by atoms with E-state index in [1.54, 1.807) is 0 Å². The van der Waals surface area contributed by atoms with E-state index in [-0.39, 0.29) is 13.2 Å². The molecule has 0 amide bonds. The fourth-order valence-electron chi connectivity index (χ4n) is 4.92. The summed E-state index contributed by atoms with van der Waals surface area (Å²) in [6, 6.07) is -1.82. The predicted molar refractivity (Wildman–Crippen MR) is 144 cm³/mol.